The molecule has 1 atom stereocenters. The highest BCUT2D eigenvalue weighted by molar-refractivity contribution is 8.25. The number of aromatic hydroxyl groups is 1. The molecule has 1 unspecified atom stereocenters. The number of thioether (sulfide) groups is 1. The molecular weight excluding hydrogens is 356 g/mol. The summed E-state index contributed by atoms with van der Waals surface area (Å²) < 4.78 is 5.96. The van der Waals surface area contributed by atoms with Crippen LogP contribution in [0.2, 0.25) is 0 Å². The van der Waals surface area contributed by atoms with Crippen LogP contribution in [-0.2, 0) is 9.53 Å². The van der Waals surface area contributed by atoms with E-state index >= 15 is 0 Å². The van der Waals surface area contributed by atoms with Crippen molar-refractivity contribution < 1.29 is 14.6 Å². The lowest BCUT2D eigenvalue weighted by Gasteiger charge is -2.28. The fraction of sp³-hybridized carbons (Fsp3) is 0.556. The minimum Gasteiger partial charge on any atom is -0.508 e. The van der Waals surface area contributed by atoms with E-state index in [2.05, 4.69) is 4.90 Å². The number of rotatable bonds is 4. The first kappa shape index (κ1) is 18.6. The monoisotopic (exact) mass is 380 g/mol. The normalized spacial score (nSPS) is 22.2. The topological polar surface area (TPSA) is 53.0 Å². The second-order valence-electron chi connectivity index (χ2n) is 6.81. The van der Waals surface area contributed by atoms with Crippen LogP contribution in [0.15, 0.2) is 12.1 Å². The third kappa shape index (κ3) is 3.84. The van der Waals surface area contributed by atoms with E-state index in [9.17, 15) is 9.90 Å². The number of phenolic OH excluding ortho intramolecular Hbond substituents is 1. The quantitative estimate of drug-likeness (QED) is 0.811. The highest BCUT2D eigenvalue weighted by Gasteiger charge is 2.39. The number of carbonyl (C=O) groups excluding carboxylic acids is 1. The van der Waals surface area contributed by atoms with Crippen molar-refractivity contribution in [1.82, 2.24) is 4.90 Å². The Balaban J connectivity index is 1.84. The van der Waals surface area contributed by atoms with Gasteiger partial charge in [0.2, 0.25) is 5.91 Å². The van der Waals surface area contributed by atoms with Crippen molar-refractivity contribution in [2.45, 2.75) is 31.9 Å². The van der Waals surface area contributed by atoms with Crippen molar-refractivity contribution in [2.75, 3.05) is 37.7 Å². The van der Waals surface area contributed by atoms with Crippen molar-refractivity contribution >= 4 is 39.9 Å². The van der Waals surface area contributed by atoms with Crippen LogP contribution in [0.5, 0.6) is 5.75 Å². The zero-order valence-electron chi connectivity index (χ0n) is 14.8. The molecule has 7 heteroatoms. The summed E-state index contributed by atoms with van der Waals surface area (Å²) in [5.41, 5.74) is 2.47. The largest absolute Gasteiger partial charge is 0.508 e. The first-order chi connectivity index (χ1) is 11.9. The molecule has 1 aromatic rings. The van der Waals surface area contributed by atoms with Gasteiger partial charge < -0.3 is 9.84 Å². The van der Waals surface area contributed by atoms with Gasteiger partial charge in [0.15, 0.2) is 0 Å². The molecule has 0 aromatic heterocycles. The van der Waals surface area contributed by atoms with Crippen LogP contribution >= 0.6 is 24.0 Å². The van der Waals surface area contributed by atoms with Crippen LogP contribution in [-0.4, -0.2) is 58.3 Å². The Bertz CT molecular complexity index is 687. The number of ether oxygens (including phenoxy) is 1. The first-order valence-electron chi connectivity index (χ1n) is 8.56. The van der Waals surface area contributed by atoms with E-state index in [4.69, 9.17) is 17.0 Å². The highest BCUT2D eigenvalue weighted by Crippen LogP contribution is 2.38. The number of hydrogen-bond acceptors (Lipinski definition) is 6. The van der Waals surface area contributed by atoms with Crippen molar-refractivity contribution in [3.8, 4) is 5.75 Å². The number of morpholine rings is 1. The number of anilines is 1. The van der Waals surface area contributed by atoms with Gasteiger partial charge in [-0.25, -0.2) is 0 Å². The van der Waals surface area contributed by atoms with E-state index in [-0.39, 0.29) is 22.8 Å². The Labute approximate surface area is 158 Å². The molecule has 1 N–H and O–H groups in total. The molecule has 0 radical (unpaired) electrons. The van der Waals surface area contributed by atoms with Gasteiger partial charge in [-0.1, -0.05) is 37.8 Å². The standard InChI is InChI=1S/C18H24N2O3S2/c1-11(2)13-9-14(12(3)8-15(13)21)20-17(22)16(25-18(20)24)10-19-4-6-23-7-5-19/h8-9,11,16,21H,4-7,10H2,1-3H3. The molecule has 5 nitrogen and oxygen atoms in total. The van der Waals surface area contributed by atoms with Crippen LogP contribution in [0.25, 0.3) is 0 Å². The average Bonchev–Trinajstić information content (AvgIpc) is 2.83. The predicted octanol–water partition coefficient (Wildman–Crippen LogP) is 2.89. The Morgan fingerprint density at radius 1 is 1.36 bits per heavy atom. The lowest BCUT2D eigenvalue weighted by molar-refractivity contribution is -0.117. The number of amides is 1. The predicted molar refractivity (Wildman–Crippen MR) is 106 cm³/mol. The number of carbonyl (C=O) groups is 1. The summed E-state index contributed by atoms with van der Waals surface area (Å²) in [4.78, 5) is 16.9. The van der Waals surface area contributed by atoms with Gasteiger partial charge >= 0.3 is 0 Å². The van der Waals surface area contributed by atoms with Gasteiger partial charge in [-0.2, -0.15) is 0 Å². The van der Waals surface area contributed by atoms with Crippen LogP contribution in [0.1, 0.15) is 30.9 Å². The summed E-state index contributed by atoms with van der Waals surface area (Å²) in [5.74, 6) is 0.471. The maximum atomic E-state index is 13.0. The summed E-state index contributed by atoms with van der Waals surface area (Å²) in [6, 6.07) is 3.62. The molecule has 2 aliphatic heterocycles. The molecule has 25 heavy (non-hydrogen) atoms. The van der Waals surface area contributed by atoms with Gasteiger partial charge in [-0.3, -0.25) is 14.6 Å². The van der Waals surface area contributed by atoms with E-state index in [0.29, 0.717) is 24.1 Å². The van der Waals surface area contributed by atoms with Gasteiger partial charge in [-0.05, 0) is 36.1 Å². The highest BCUT2D eigenvalue weighted by atomic mass is 32.2. The Kier molecular flexibility index (Phi) is 5.68. The third-order valence-corrected chi connectivity index (χ3v) is 6.15. The van der Waals surface area contributed by atoms with E-state index < -0.39 is 0 Å². The van der Waals surface area contributed by atoms with Crippen molar-refractivity contribution in [2.24, 2.45) is 0 Å². The van der Waals surface area contributed by atoms with Crippen LogP contribution in [0.4, 0.5) is 5.69 Å². The maximum Gasteiger partial charge on any atom is 0.247 e. The fourth-order valence-electron chi connectivity index (χ4n) is 3.21. The molecule has 2 aliphatic rings. The second kappa shape index (κ2) is 7.61. The van der Waals surface area contributed by atoms with Crippen LogP contribution in [0.3, 0.4) is 0 Å². The number of nitrogens with zero attached hydrogens (tertiary/aromatic N) is 2. The Morgan fingerprint density at radius 2 is 2.04 bits per heavy atom. The summed E-state index contributed by atoms with van der Waals surface area (Å²) in [6.45, 7) is 9.78. The minimum absolute atomic E-state index is 0.0324. The Morgan fingerprint density at radius 3 is 2.68 bits per heavy atom. The molecule has 0 spiro atoms. The molecule has 1 amide bonds. The fourth-order valence-corrected chi connectivity index (χ4v) is 4.78. The first-order valence-corrected chi connectivity index (χ1v) is 9.85. The number of hydrogen-bond donors (Lipinski definition) is 1. The average molecular weight is 381 g/mol. The second-order valence-corrected chi connectivity index (χ2v) is 8.65. The molecule has 0 aliphatic carbocycles. The summed E-state index contributed by atoms with van der Waals surface area (Å²) in [7, 11) is 0. The summed E-state index contributed by atoms with van der Waals surface area (Å²) in [6.07, 6.45) is 0. The van der Waals surface area contributed by atoms with Crippen LogP contribution < -0.4 is 4.90 Å². The van der Waals surface area contributed by atoms with Crippen molar-refractivity contribution in [3.63, 3.8) is 0 Å². The third-order valence-electron chi connectivity index (χ3n) is 4.66. The zero-order chi connectivity index (χ0) is 18.1. The molecular formula is C18H24N2O3S2. The molecule has 3 rings (SSSR count). The molecule has 0 saturated carbocycles. The van der Waals surface area contributed by atoms with Crippen molar-refractivity contribution in [3.05, 3.63) is 23.3 Å². The number of aryl methyl sites for hydroxylation is 1. The lowest BCUT2D eigenvalue weighted by Crippen LogP contribution is -2.43. The number of benzene rings is 1. The molecule has 0 bridgehead atoms. The molecule has 1 aromatic carbocycles. The zero-order valence-corrected chi connectivity index (χ0v) is 16.5. The van der Waals surface area contributed by atoms with Gasteiger partial charge in [0.05, 0.1) is 18.9 Å². The van der Waals surface area contributed by atoms with Crippen LogP contribution in [0, 0.1) is 6.92 Å². The molecule has 2 fully saturated rings. The summed E-state index contributed by atoms with van der Waals surface area (Å²) >= 11 is 6.97. The maximum absolute atomic E-state index is 13.0. The SMILES string of the molecule is Cc1cc(O)c(C(C)C)cc1N1C(=O)C(CN2CCOCC2)SC1=S. The van der Waals surface area contributed by atoms with E-state index in [0.717, 1.165) is 29.9 Å². The van der Waals surface area contributed by atoms with Gasteiger partial charge in [0.1, 0.15) is 15.3 Å². The molecule has 2 saturated heterocycles. The summed E-state index contributed by atoms with van der Waals surface area (Å²) in [5, 5.41) is 9.99. The van der Waals surface area contributed by atoms with Gasteiger partial charge in [0, 0.05) is 19.6 Å². The van der Waals surface area contributed by atoms with E-state index in [1.165, 1.54) is 11.8 Å². The smallest absolute Gasteiger partial charge is 0.247 e. The Hall–Kier alpha value is -1.15. The molecule has 2 heterocycles. The number of thiocarbonyl (C=S) groups is 1. The van der Waals surface area contributed by atoms with Gasteiger partial charge in [-0.15, -0.1) is 0 Å². The number of phenols is 1. The van der Waals surface area contributed by atoms with Crippen molar-refractivity contribution in [1.29, 1.82) is 0 Å². The minimum atomic E-state index is -0.179. The van der Waals surface area contributed by atoms with E-state index in [1.807, 2.05) is 26.8 Å². The van der Waals surface area contributed by atoms with Gasteiger partial charge in [0.25, 0.3) is 0 Å². The molecule has 136 valence electrons. The lowest BCUT2D eigenvalue weighted by atomic mass is 9.98. The van der Waals surface area contributed by atoms with E-state index in [1.54, 1.807) is 11.0 Å².